The van der Waals surface area contributed by atoms with Crippen LogP contribution in [0.1, 0.15) is 31.7 Å². The molecule has 2 N–H and O–H groups in total. The van der Waals surface area contributed by atoms with E-state index in [0.717, 1.165) is 12.5 Å². The summed E-state index contributed by atoms with van der Waals surface area (Å²) in [7, 11) is 0. The molecular formula is C13H15ClF3N3. The van der Waals surface area contributed by atoms with Crippen molar-refractivity contribution >= 4 is 28.3 Å². The van der Waals surface area contributed by atoms with Gasteiger partial charge in [0, 0.05) is 13.0 Å². The van der Waals surface area contributed by atoms with E-state index in [2.05, 4.69) is 4.98 Å². The van der Waals surface area contributed by atoms with Gasteiger partial charge < -0.3 is 10.3 Å². The zero-order chi connectivity index (χ0) is 15.1. The number of fused-ring (bicyclic) bond motifs is 1. The molecule has 1 aromatic heterocycles. The number of aromatic nitrogens is 2. The summed E-state index contributed by atoms with van der Waals surface area (Å²) < 4.78 is 40.6. The van der Waals surface area contributed by atoms with Crippen molar-refractivity contribution in [2.75, 3.05) is 5.73 Å². The minimum atomic E-state index is -4.54. The zero-order valence-corrected chi connectivity index (χ0v) is 11.9. The van der Waals surface area contributed by atoms with Crippen LogP contribution >= 0.6 is 11.6 Å². The van der Waals surface area contributed by atoms with Gasteiger partial charge in [-0.2, -0.15) is 13.2 Å². The van der Waals surface area contributed by atoms with E-state index in [-0.39, 0.29) is 11.2 Å². The molecule has 3 nitrogen and oxygen atoms in total. The van der Waals surface area contributed by atoms with Crippen LogP contribution in [0.4, 0.5) is 18.9 Å². The van der Waals surface area contributed by atoms with Gasteiger partial charge in [-0.15, -0.1) is 0 Å². The molecule has 7 heteroatoms. The number of hydrogen-bond acceptors (Lipinski definition) is 2. The van der Waals surface area contributed by atoms with E-state index in [1.807, 2.05) is 18.4 Å². The smallest absolute Gasteiger partial charge is 0.396 e. The van der Waals surface area contributed by atoms with Crippen LogP contribution in [0.3, 0.4) is 0 Å². The van der Waals surface area contributed by atoms with E-state index >= 15 is 0 Å². The van der Waals surface area contributed by atoms with Gasteiger partial charge in [0.05, 0.1) is 27.3 Å². The quantitative estimate of drug-likeness (QED) is 0.861. The van der Waals surface area contributed by atoms with Crippen molar-refractivity contribution in [1.29, 1.82) is 0 Å². The predicted octanol–water partition coefficient (Wildman–Crippen LogP) is 4.26. The lowest BCUT2D eigenvalue weighted by Gasteiger charge is -2.13. The predicted molar refractivity (Wildman–Crippen MR) is 73.8 cm³/mol. The molecule has 0 saturated carbocycles. The summed E-state index contributed by atoms with van der Waals surface area (Å²) in [6.45, 7) is 4.52. The number of benzene rings is 1. The number of aryl methyl sites for hydroxylation is 2. The number of imidazole rings is 1. The van der Waals surface area contributed by atoms with Crippen LogP contribution in [0.25, 0.3) is 11.0 Å². The average Bonchev–Trinajstić information content (AvgIpc) is 2.71. The Morgan fingerprint density at radius 3 is 2.50 bits per heavy atom. The summed E-state index contributed by atoms with van der Waals surface area (Å²) in [6, 6.07) is 0.972. The molecule has 20 heavy (non-hydrogen) atoms. The van der Waals surface area contributed by atoms with Crippen LogP contribution in [0, 0.1) is 0 Å². The second-order valence-electron chi connectivity index (χ2n) is 4.55. The number of nitrogen functional groups attached to an aromatic ring is 1. The molecule has 0 radical (unpaired) electrons. The van der Waals surface area contributed by atoms with Gasteiger partial charge in [0.1, 0.15) is 5.82 Å². The zero-order valence-electron chi connectivity index (χ0n) is 11.2. The lowest BCUT2D eigenvalue weighted by molar-refractivity contribution is -0.137. The number of halogens is 4. The lowest BCUT2D eigenvalue weighted by Crippen LogP contribution is -2.09. The molecule has 0 saturated heterocycles. The molecule has 0 unspecified atom stereocenters. The third kappa shape index (κ3) is 2.32. The van der Waals surface area contributed by atoms with Crippen LogP contribution in [0.15, 0.2) is 6.07 Å². The van der Waals surface area contributed by atoms with Gasteiger partial charge in [0.2, 0.25) is 0 Å². The Balaban J connectivity index is 2.81. The van der Waals surface area contributed by atoms with Crippen molar-refractivity contribution in [1.82, 2.24) is 9.55 Å². The van der Waals surface area contributed by atoms with E-state index in [9.17, 15) is 13.2 Å². The Morgan fingerprint density at radius 2 is 2.00 bits per heavy atom. The van der Waals surface area contributed by atoms with Gasteiger partial charge in [-0.3, -0.25) is 0 Å². The number of hydrogen-bond donors (Lipinski definition) is 1. The maximum atomic E-state index is 12.9. The molecule has 0 bridgehead atoms. The van der Waals surface area contributed by atoms with Gasteiger partial charge in [-0.25, -0.2) is 4.98 Å². The average molecular weight is 306 g/mol. The Hall–Kier alpha value is -1.43. The van der Waals surface area contributed by atoms with E-state index in [0.29, 0.717) is 24.3 Å². The van der Waals surface area contributed by atoms with Crippen LogP contribution in [0.2, 0.25) is 5.02 Å². The van der Waals surface area contributed by atoms with Gasteiger partial charge in [-0.05, 0) is 12.5 Å². The molecule has 110 valence electrons. The summed E-state index contributed by atoms with van der Waals surface area (Å²) in [4.78, 5) is 4.25. The van der Waals surface area contributed by atoms with E-state index in [1.165, 1.54) is 0 Å². The molecule has 1 aromatic carbocycles. The SMILES string of the molecule is CCCn1c(CC)nc2cc(C(F)(F)F)c(Cl)c(N)c21. The highest BCUT2D eigenvalue weighted by Gasteiger charge is 2.35. The molecule has 1 heterocycles. The first-order valence-corrected chi connectivity index (χ1v) is 6.73. The fourth-order valence-corrected chi connectivity index (χ4v) is 2.54. The van der Waals surface area contributed by atoms with Crippen molar-refractivity contribution in [3.63, 3.8) is 0 Å². The second kappa shape index (κ2) is 5.16. The Morgan fingerprint density at radius 1 is 1.35 bits per heavy atom. The van der Waals surface area contributed by atoms with Gasteiger partial charge >= 0.3 is 6.18 Å². The minimum Gasteiger partial charge on any atom is -0.396 e. The number of nitrogens with zero attached hydrogens (tertiary/aromatic N) is 2. The van der Waals surface area contributed by atoms with E-state index in [1.54, 1.807) is 0 Å². The summed E-state index contributed by atoms with van der Waals surface area (Å²) in [5, 5.41) is -0.454. The third-order valence-corrected chi connectivity index (χ3v) is 3.56. The first kappa shape index (κ1) is 15.0. The first-order valence-electron chi connectivity index (χ1n) is 6.35. The minimum absolute atomic E-state index is 0.0582. The maximum Gasteiger partial charge on any atom is 0.418 e. The molecule has 0 aliphatic heterocycles. The largest absolute Gasteiger partial charge is 0.418 e. The number of rotatable bonds is 3. The van der Waals surface area contributed by atoms with Crippen molar-refractivity contribution in [3.05, 3.63) is 22.5 Å². The number of nitrogens with two attached hydrogens (primary N) is 1. The van der Waals surface area contributed by atoms with Crippen molar-refractivity contribution in [3.8, 4) is 0 Å². The molecule has 2 rings (SSSR count). The molecule has 0 fully saturated rings. The van der Waals surface area contributed by atoms with Crippen LogP contribution in [0.5, 0.6) is 0 Å². The molecule has 2 aromatic rings. The topological polar surface area (TPSA) is 43.8 Å². The van der Waals surface area contributed by atoms with Gasteiger partial charge in [0.15, 0.2) is 0 Å². The van der Waals surface area contributed by atoms with E-state index in [4.69, 9.17) is 17.3 Å². The Kier molecular flexibility index (Phi) is 3.86. The Bertz CT molecular complexity index is 647. The molecule has 0 aliphatic carbocycles. The van der Waals surface area contributed by atoms with Gasteiger partial charge in [0.25, 0.3) is 0 Å². The van der Waals surface area contributed by atoms with Crippen molar-refractivity contribution in [2.24, 2.45) is 0 Å². The molecule has 0 atom stereocenters. The van der Waals surface area contributed by atoms with Crippen LogP contribution in [-0.2, 0) is 19.1 Å². The Labute approximate surface area is 119 Å². The van der Waals surface area contributed by atoms with Crippen molar-refractivity contribution < 1.29 is 13.2 Å². The fourth-order valence-electron chi connectivity index (χ4n) is 2.29. The molecule has 0 spiro atoms. The highest BCUT2D eigenvalue weighted by atomic mass is 35.5. The standard InChI is InChI=1S/C13H15ClF3N3/c1-3-5-20-9(4-2)19-8-6-7(13(15,16)17)10(14)11(18)12(8)20/h6H,3-5,18H2,1-2H3. The maximum absolute atomic E-state index is 12.9. The summed E-state index contributed by atoms with van der Waals surface area (Å²) in [5.41, 5.74) is 5.55. The van der Waals surface area contributed by atoms with Crippen LogP contribution < -0.4 is 5.73 Å². The first-order chi connectivity index (χ1) is 9.31. The van der Waals surface area contributed by atoms with E-state index < -0.39 is 16.8 Å². The van der Waals surface area contributed by atoms with Crippen LogP contribution in [-0.4, -0.2) is 9.55 Å². The summed E-state index contributed by atoms with van der Waals surface area (Å²) in [5.74, 6) is 0.712. The lowest BCUT2D eigenvalue weighted by atomic mass is 10.1. The van der Waals surface area contributed by atoms with Crippen molar-refractivity contribution in [2.45, 2.75) is 39.4 Å². The summed E-state index contributed by atoms with van der Waals surface area (Å²) in [6.07, 6.45) is -3.09. The second-order valence-corrected chi connectivity index (χ2v) is 4.93. The number of anilines is 1. The van der Waals surface area contributed by atoms with Gasteiger partial charge in [-0.1, -0.05) is 25.4 Å². The highest BCUT2D eigenvalue weighted by Crippen LogP contribution is 2.41. The fraction of sp³-hybridized carbons (Fsp3) is 0.462. The monoisotopic (exact) mass is 305 g/mol. The molecule has 0 aliphatic rings. The molecule has 0 amide bonds. The normalized spacial score (nSPS) is 12.3. The highest BCUT2D eigenvalue weighted by molar-refractivity contribution is 6.35. The number of alkyl halides is 3. The third-order valence-electron chi connectivity index (χ3n) is 3.15. The molecular weight excluding hydrogens is 291 g/mol. The summed E-state index contributed by atoms with van der Waals surface area (Å²) >= 11 is 5.80.